The van der Waals surface area contributed by atoms with Crippen LogP contribution in [0.25, 0.3) is 0 Å². The molecule has 1 rings (SSSR count). The summed E-state index contributed by atoms with van der Waals surface area (Å²) in [6.07, 6.45) is 2.25. The number of carbonyl (C=O) groups is 1. The summed E-state index contributed by atoms with van der Waals surface area (Å²) in [5.41, 5.74) is 1.01. The summed E-state index contributed by atoms with van der Waals surface area (Å²) in [5, 5.41) is 0. The van der Waals surface area contributed by atoms with Gasteiger partial charge in [-0.2, -0.15) is 0 Å². The maximum Gasteiger partial charge on any atom is 0.310 e. The fourth-order valence-electron chi connectivity index (χ4n) is 1.21. The number of ether oxygens (including phenoxy) is 2. The van der Waals surface area contributed by atoms with Crippen LogP contribution in [0.1, 0.15) is 20.3 Å². The molecule has 0 aliphatic carbocycles. The van der Waals surface area contributed by atoms with Gasteiger partial charge in [-0.05, 0) is 26.0 Å². The number of carbonyl (C=O) groups excluding carboxylic acids is 1. The quantitative estimate of drug-likeness (QED) is 0.431. The molecule has 1 aromatic carbocycles. The second kappa shape index (κ2) is 7.49. The smallest absolute Gasteiger partial charge is 0.310 e. The second-order valence-electron chi connectivity index (χ2n) is 3.69. The van der Waals surface area contributed by atoms with E-state index in [0.29, 0.717) is 13.0 Å². The Bertz CT molecular complexity index is 368. The largest absolute Gasteiger partial charge is 0.490 e. The molecule has 0 saturated heterocycles. The molecule has 0 fully saturated rings. The lowest BCUT2D eigenvalue weighted by molar-refractivity contribution is -0.143. The molecule has 17 heavy (non-hydrogen) atoms. The van der Waals surface area contributed by atoms with Gasteiger partial charge >= 0.3 is 5.97 Å². The van der Waals surface area contributed by atoms with Crippen LogP contribution in [-0.2, 0) is 9.53 Å². The van der Waals surface area contributed by atoms with Gasteiger partial charge in [-0.25, -0.2) is 0 Å². The summed E-state index contributed by atoms with van der Waals surface area (Å²) in [6.45, 7) is 4.47. The standard InChI is InChI=1S/C14H18O3/c1-3-12(2)11-14(15)17-10-9-16-13-7-5-4-6-8-13/h3-8H,9-11H2,1-2H3. The molecule has 0 atom stereocenters. The average Bonchev–Trinajstić information content (AvgIpc) is 2.36. The van der Waals surface area contributed by atoms with E-state index < -0.39 is 0 Å². The van der Waals surface area contributed by atoms with E-state index in [1.807, 2.05) is 50.3 Å². The van der Waals surface area contributed by atoms with Gasteiger partial charge in [0, 0.05) is 0 Å². The molecule has 0 spiro atoms. The fourth-order valence-corrected chi connectivity index (χ4v) is 1.21. The number of esters is 1. The lowest BCUT2D eigenvalue weighted by Gasteiger charge is -2.07. The number of rotatable bonds is 6. The van der Waals surface area contributed by atoms with Gasteiger partial charge in [0.25, 0.3) is 0 Å². The van der Waals surface area contributed by atoms with Crippen molar-refractivity contribution in [2.45, 2.75) is 20.3 Å². The van der Waals surface area contributed by atoms with Crippen LogP contribution in [0.5, 0.6) is 5.75 Å². The van der Waals surface area contributed by atoms with Crippen molar-refractivity contribution in [3.05, 3.63) is 42.0 Å². The van der Waals surface area contributed by atoms with E-state index in [1.54, 1.807) is 0 Å². The molecule has 0 amide bonds. The van der Waals surface area contributed by atoms with Crippen LogP contribution < -0.4 is 4.74 Å². The monoisotopic (exact) mass is 234 g/mol. The van der Waals surface area contributed by atoms with Crippen molar-refractivity contribution in [3.63, 3.8) is 0 Å². The first-order valence-electron chi connectivity index (χ1n) is 5.67. The van der Waals surface area contributed by atoms with E-state index in [-0.39, 0.29) is 12.6 Å². The Labute approximate surface area is 102 Å². The normalized spacial score (nSPS) is 11.1. The highest BCUT2D eigenvalue weighted by Crippen LogP contribution is 2.07. The summed E-state index contributed by atoms with van der Waals surface area (Å²) in [6, 6.07) is 9.46. The van der Waals surface area contributed by atoms with E-state index in [2.05, 4.69) is 0 Å². The summed E-state index contributed by atoms with van der Waals surface area (Å²) in [5.74, 6) is 0.574. The summed E-state index contributed by atoms with van der Waals surface area (Å²) < 4.78 is 10.4. The highest BCUT2D eigenvalue weighted by Gasteiger charge is 2.03. The highest BCUT2D eigenvalue weighted by atomic mass is 16.6. The topological polar surface area (TPSA) is 35.5 Å². The van der Waals surface area contributed by atoms with Crippen LogP contribution >= 0.6 is 0 Å². The molecule has 0 radical (unpaired) electrons. The third-order valence-corrected chi connectivity index (χ3v) is 2.27. The lowest BCUT2D eigenvalue weighted by Crippen LogP contribution is -2.12. The van der Waals surface area contributed by atoms with E-state index >= 15 is 0 Å². The van der Waals surface area contributed by atoms with Crippen LogP contribution in [0.2, 0.25) is 0 Å². The zero-order valence-electron chi connectivity index (χ0n) is 10.3. The third-order valence-electron chi connectivity index (χ3n) is 2.27. The maximum absolute atomic E-state index is 11.3. The predicted octanol–water partition coefficient (Wildman–Crippen LogP) is 2.96. The first-order valence-corrected chi connectivity index (χ1v) is 5.67. The van der Waals surface area contributed by atoms with Crippen LogP contribution in [0.15, 0.2) is 42.0 Å². The fraction of sp³-hybridized carbons (Fsp3) is 0.357. The van der Waals surface area contributed by atoms with Gasteiger partial charge in [0.2, 0.25) is 0 Å². The Kier molecular flexibility index (Phi) is 5.86. The van der Waals surface area contributed by atoms with Crippen LogP contribution in [-0.4, -0.2) is 19.2 Å². The number of benzene rings is 1. The van der Waals surface area contributed by atoms with Crippen molar-refractivity contribution in [2.75, 3.05) is 13.2 Å². The van der Waals surface area contributed by atoms with E-state index in [9.17, 15) is 4.79 Å². The lowest BCUT2D eigenvalue weighted by atomic mass is 10.2. The minimum atomic E-state index is -0.211. The van der Waals surface area contributed by atoms with Crippen molar-refractivity contribution in [1.29, 1.82) is 0 Å². The van der Waals surface area contributed by atoms with Crippen LogP contribution in [0, 0.1) is 0 Å². The first kappa shape index (κ1) is 13.3. The average molecular weight is 234 g/mol. The summed E-state index contributed by atoms with van der Waals surface area (Å²) >= 11 is 0. The van der Waals surface area contributed by atoms with Crippen LogP contribution in [0.4, 0.5) is 0 Å². The Morgan fingerprint density at radius 3 is 2.59 bits per heavy atom. The number of allylic oxidation sites excluding steroid dienone is 1. The molecule has 0 bridgehead atoms. The molecule has 3 heteroatoms. The highest BCUT2D eigenvalue weighted by molar-refractivity contribution is 5.72. The van der Waals surface area contributed by atoms with Gasteiger partial charge in [-0.3, -0.25) is 4.79 Å². The Morgan fingerprint density at radius 2 is 1.94 bits per heavy atom. The number of hydrogen-bond acceptors (Lipinski definition) is 3. The summed E-state index contributed by atoms with van der Waals surface area (Å²) in [4.78, 5) is 11.3. The molecule has 0 saturated carbocycles. The molecule has 0 heterocycles. The minimum absolute atomic E-state index is 0.211. The molecule has 0 aromatic heterocycles. The van der Waals surface area contributed by atoms with Crippen LogP contribution in [0.3, 0.4) is 0 Å². The predicted molar refractivity (Wildman–Crippen MR) is 66.9 cm³/mol. The second-order valence-corrected chi connectivity index (χ2v) is 3.69. The van der Waals surface area contributed by atoms with Gasteiger partial charge in [-0.15, -0.1) is 0 Å². The molecule has 0 unspecified atom stereocenters. The maximum atomic E-state index is 11.3. The van der Waals surface area contributed by atoms with Crippen molar-refractivity contribution in [2.24, 2.45) is 0 Å². The van der Waals surface area contributed by atoms with Gasteiger partial charge in [0.15, 0.2) is 0 Å². The van der Waals surface area contributed by atoms with Gasteiger partial charge < -0.3 is 9.47 Å². The van der Waals surface area contributed by atoms with Crippen molar-refractivity contribution in [3.8, 4) is 5.75 Å². The first-order chi connectivity index (χ1) is 8.22. The van der Waals surface area contributed by atoms with Gasteiger partial charge in [0.05, 0.1) is 6.42 Å². The molecular weight excluding hydrogens is 216 g/mol. The molecule has 1 aromatic rings. The molecule has 3 nitrogen and oxygen atoms in total. The molecule has 0 aliphatic heterocycles. The number of hydrogen-bond donors (Lipinski definition) is 0. The Balaban J connectivity index is 2.14. The van der Waals surface area contributed by atoms with E-state index in [4.69, 9.17) is 9.47 Å². The molecular formula is C14H18O3. The molecule has 0 aliphatic rings. The minimum Gasteiger partial charge on any atom is -0.490 e. The molecule has 92 valence electrons. The zero-order valence-corrected chi connectivity index (χ0v) is 10.3. The Hall–Kier alpha value is -1.77. The number of para-hydroxylation sites is 1. The van der Waals surface area contributed by atoms with Crippen molar-refractivity contribution in [1.82, 2.24) is 0 Å². The van der Waals surface area contributed by atoms with Crippen molar-refractivity contribution >= 4 is 5.97 Å². The van der Waals surface area contributed by atoms with Gasteiger partial charge in [-0.1, -0.05) is 29.8 Å². The third kappa shape index (κ3) is 5.76. The zero-order chi connectivity index (χ0) is 12.5. The van der Waals surface area contributed by atoms with E-state index in [0.717, 1.165) is 11.3 Å². The SMILES string of the molecule is CC=C(C)CC(=O)OCCOc1ccccc1. The Morgan fingerprint density at radius 1 is 1.24 bits per heavy atom. The van der Waals surface area contributed by atoms with Crippen molar-refractivity contribution < 1.29 is 14.3 Å². The molecule has 0 N–H and O–H groups in total. The van der Waals surface area contributed by atoms with E-state index in [1.165, 1.54) is 0 Å². The summed E-state index contributed by atoms with van der Waals surface area (Å²) in [7, 11) is 0. The van der Waals surface area contributed by atoms with Gasteiger partial charge in [0.1, 0.15) is 19.0 Å².